The molecule has 1 fully saturated rings. The monoisotopic (exact) mass is 470 g/mol. The second-order valence-corrected chi connectivity index (χ2v) is 8.66. The highest BCUT2D eigenvalue weighted by Crippen LogP contribution is 2.39. The van der Waals surface area contributed by atoms with Crippen LogP contribution in [0, 0.1) is 18.7 Å². The van der Waals surface area contributed by atoms with E-state index in [9.17, 15) is 14.0 Å². The van der Waals surface area contributed by atoms with Gasteiger partial charge in [-0.1, -0.05) is 35.0 Å². The molecule has 2 unspecified atom stereocenters. The molecule has 5 rings (SSSR count). The van der Waals surface area contributed by atoms with Gasteiger partial charge in [0.15, 0.2) is 0 Å². The van der Waals surface area contributed by atoms with E-state index in [1.54, 1.807) is 13.0 Å². The predicted molar refractivity (Wildman–Crippen MR) is 117 cm³/mol. The number of aromatic nitrogens is 2. The first-order valence-corrected chi connectivity index (χ1v) is 10.8. The standard InChI is InChI=1S/C23H20ClFN4O4/c1-10-27-22(29-33-10)19-15(7-13(24)8-17(19)25)12-2-4-14-11(6-12)3-5-18(14)28-23(31)16-9-32-20(16)21(26)30/h2,4,6-8,16,18,20H,3,5,9H2,1H3,(H2,26,30)(H,28,31)/t16?,18-,20?/m0/s1. The van der Waals surface area contributed by atoms with E-state index in [-0.39, 0.29) is 35.0 Å². The molecule has 3 N–H and O–H groups in total. The number of nitrogens with two attached hydrogens (primary N) is 1. The van der Waals surface area contributed by atoms with Crippen molar-refractivity contribution in [3.05, 3.63) is 58.2 Å². The molecule has 170 valence electrons. The third kappa shape index (κ3) is 3.87. The van der Waals surface area contributed by atoms with Crippen LogP contribution in [0.1, 0.15) is 29.5 Å². The number of ether oxygens (including phenoxy) is 1. The lowest BCUT2D eigenvalue weighted by atomic mass is 9.94. The first kappa shape index (κ1) is 21.5. The Kier molecular flexibility index (Phi) is 5.38. The molecule has 1 saturated heterocycles. The van der Waals surface area contributed by atoms with Gasteiger partial charge in [0.05, 0.1) is 24.1 Å². The van der Waals surface area contributed by atoms with Gasteiger partial charge >= 0.3 is 0 Å². The molecule has 2 amide bonds. The predicted octanol–water partition coefficient (Wildman–Crippen LogP) is 3.11. The fourth-order valence-electron chi connectivity index (χ4n) is 4.43. The van der Waals surface area contributed by atoms with E-state index in [1.165, 1.54) is 6.07 Å². The summed E-state index contributed by atoms with van der Waals surface area (Å²) in [6, 6.07) is 8.42. The van der Waals surface area contributed by atoms with Crippen molar-refractivity contribution in [2.75, 3.05) is 6.61 Å². The largest absolute Gasteiger partial charge is 0.367 e. The zero-order valence-electron chi connectivity index (χ0n) is 17.6. The molecule has 8 nitrogen and oxygen atoms in total. The van der Waals surface area contributed by atoms with E-state index in [0.717, 1.165) is 23.1 Å². The van der Waals surface area contributed by atoms with Gasteiger partial charge in [-0.15, -0.1) is 0 Å². The Hall–Kier alpha value is -3.30. The van der Waals surface area contributed by atoms with E-state index in [0.29, 0.717) is 17.9 Å². The number of hydrogen-bond acceptors (Lipinski definition) is 6. The fraction of sp³-hybridized carbons (Fsp3) is 0.304. The third-order valence-electron chi connectivity index (χ3n) is 6.09. The van der Waals surface area contributed by atoms with Crippen LogP contribution in [0.5, 0.6) is 0 Å². The highest BCUT2D eigenvalue weighted by Gasteiger charge is 2.42. The number of rotatable bonds is 5. The van der Waals surface area contributed by atoms with Crippen LogP contribution in [0.25, 0.3) is 22.5 Å². The SMILES string of the molecule is Cc1nc(-c2c(F)cc(Cl)cc2-c2ccc3c(c2)CC[C@@H]3NC(=O)C2COC2C(N)=O)no1. The minimum atomic E-state index is -0.877. The molecule has 33 heavy (non-hydrogen) atoms. The Labute approximate surface area is 193 Å². The number of fused-ring (bicyclic) bond motifs is 1. The van der Waals surface area contributed by atoms with Crippen LogP contribution in [0.3, 0.4) is 0 Å². The quantitative estimate of drug-likeness (QED) is 0.591. The van der Waals surface area contributed by atoms with Gasteiger partial charge < -0.3 is 20.3 Å². The highest BCUT2D eigenvalue weighted by atomic mass is 35.5. The van der Waals surface area contributed by atoms with Crippen LogP contribution in [-0.4, -0.2) is 34.7 Å². The van der Waals surface area contributed by atoms with E-state index in [1.807, 2.05) is 18.2 Å². The molecule has 3 atom stereocenters. The molecule has 2 aliphatic rings. The zero-order chi connectivity index (χ0) is 23.3. The summed E-state index contributed by atoms with van der Waals surface area (Å²) in [5.74, 6) is -1.53. The Balaban J connectivity index is 1.44. The molecule has 2 heterocycles. The number of hydrogen-bond donors (Lipinski definition) is 2. The molecular formula is C23H20ClFN4O4. The average Bonchev–Trinajstić information content (AvgIpc) is 3.32. The van der Waals surface area contributed by atoms with E-state index < -0.39 is 23.7 Å². The topological polar surface area (TPSA) is 120 Å². The van der Waals surface area contributed by atoms with Crippen LogP contribution in [0.15, 0.2) is 34.9 Å². The number of amides is 2. The first-order chi connectivity index (χ1) is 15.8. The van der Waals surface area contributed by atoms with Crippen LogP contribution in [-0.2, 0) is 20.7 Å². The van der Waals surface area contributed by atoms with Crippen molar-refractivity contribution in [2.24, 2.45) is 11.7 Å². The number of primary amides is 1. The van der Waals surface area contributed by atoms with Crippen molar-refractivity contribution in [3.8, 4) is 22.5 Å². The molecule has 3 aromatic rings. The van der Waals surface area contributed by atoms with Crippen LogP contribution < -0.4 is 11.1 Å². The molecule has 10 heteroatoms. The first-order valence-electron chi connectivity index (χ1n) is 10.5. The van der Waals surface area contributed by atoms with Gasteiger partial charge in [-0.05, 0) is 47.2 Å². The molecule has 1 aromatic heterocycles. The van der Waals surface area contributed by atoms with Crippen molar-refractivity contribution >= 4 is 23.4 Å². The second-order valence-electron chi connectivity index (χ2n) is 8.22. The van der Waals surface area contributed by atoms with Crippen LogP contribution in [0.4, 0.5) is 4.39 Å². The van der Waals surface area contributed by atoms with Crippen molar-refractivity contribution in [3.63, 3.8) is 0 Å². The summed E-state index contributed by atoms with van der Waals surface area (Å²) >= 11 is 6.15. The number of nitrogens with one attached hydrogen (secondary N) is 1. The Morgan fingerprint density at radius 2 is 2.09 bits per heavy atom. The minimum Gasteiger partial charge on any atom is -0.367 e. The van der Waals surface area contributed by atoms with Crippen LogP contribution >= 0.6 is 11.6 Å². The number of halogens is 2. The lowest BCUT2D eigenvalue weighted by Gasteiger charge is -2.34. The van der Waals surface area contributed by atoms with E-state index >= 15 is 0 Å². The van der Waals surface area contributed by atoms with Gasteiger partial charge in [0.25, 0.3) is 0 Å². The van der Waals surface area contributed by atoms with Crippen LogP contribution in [0.2, 0.25) is 5.02 Å². The fourth-order valence-corrected chi connectivity index (χ4v) is 4.63. The average molecular weight is 471 g/mol. The molecule has 2 aromatic carbocycles. The summed E-state index contributed by atoms with van der Waals surface area (Å²) < 4.78 is 25.0. The molecular weight excluding hydrogens is 451 g/mol. The Morgan fingerprint density at radius 3 is 2.76 bits per heavy atom. The summed E-state index contributed by atoms with van der Waals surface area (Å²) in [4.78, 5) is 28.1. The zero-order valence-corrected chi connectivity index (χ0v) is 18.4. The van der Waals surface area contributed by atoms with Gasteiger partial charge in [0, 0.05) is 11.9 Å². The Bertz CT molecular complexity index is 1280. The maximum atomic E-state index is 14.9. The summed E-state index contributed by atoms with van der Waals surface area (Å²) in [7, 11) is 0. The lowest BCUT2D eigenvalue weighted by Crippen LogP contribution is -2.55. The van der Waals surface area contributed by atoms with Gasteiger partial charge in [-0.3, -0.25) is 9.59 Å². The molecule has 1 aliphatic heterocycles. The summed E-state index contributed by atoms with van der Waals surface area (Å²) in [6.45, 7) is 1.81. The van der Waals surface area contributed by atoms with Gasteiger partial charge in [0.1, 0.15) is 11.9 Å². The molecule has 1 aliphatic carbocycles. The maximum absolute atomic E-state index is 14.9. The van der Waals surface area contributed by atoms with Crippen molar-refractivity contribution in [2.45, 2.75) is 31.9 Å². The minimum absolute atomic E-state index is 0.147. The van der Waals surface area contributed by atoms with Crippen molar-refractivity contribution < 1.29 is 23.2 Å². The summed E-state index contributed by atoms with van der Waals surface area (Å²) in [6.07, 6.45) is 0.562. The number of carbonyl (C=O) groups is 2. The number of aryl methyl sites for hydroxylation is 2. The maximum Gasteiger partial charge on any atom is 0.247 e. The van der Waals surface area contributed by atoms with Gasteiger partial charge in [-0.25, -0.2) is 4.39 Å². The highest BCUT2D eigenvalue weighted by molar-refractivity contribution is 6.31. The van der Waals surface area contributed by atoms with E-state index in [4.69, 9.17) is 26.6 Å². The molecule has 0 bridgehead atoms. The van der Waals surface area contributed by atoms with E-state index in [2.05, 4.69) is 15.5 Å². The normalized spacial score (nSPS) is 21.4. The van der Waals surface area contributed by atoms with Crippen molar-refractivity contribution in [1.82, 2.24) is 15.5 Å². The number of benzene rings is 2. The number of carbonyl (C=O) groups excluding carboxylic acids is 2. The Morgan fingerprint density at radius 1 is 1.27 bits per heavy atom. The molecule has 0 radical (unpaired) electrons. The van der Waals surface area contributed by atoms with Gasteiger partial charge in [0.2, 0.25) is 23.5 Å². The summed E-state index contributed by atoms with van der Waals surface area (Å²) in [5.41, 5.74) is 8.78. The van der Waals surface area contributed by atoms with Gasteiger partial charge in [-0.2, -0.15) is 4.98 Å². The number of nitrogens with zero attached hydrogens (tertiary/aromatic N) is 2. The smallest absolute Gasteiger partial charge is 0.247 e. The molecule has 0 spiro atoms. The van der Waals surface area contributed by atoms with Crippen molar-refractivity contribution in [1.29, 1.82) is 0 Å². The molecule has 0 saturated carbocycles. The summed E-state index contributed by atoms with van der Waals surface area (Å²) in [5, 5.41) is 7.12. The second kappa shape index (κ2) is 8.24. The lowest BCUT2D eigenvalue weighted by molar-refractivity contribution is -0.168. The third-order valence-corrected chi connectivity index (χ3v) is 6.31.